The van der Waals surface area contributed by atoms with Gasteiger partial charge in [-0.25, -0.2) is 0 Å². The number of nitrogens with one attached hydrogen (secondary N) is 3. The smallest absolute Gasteiger partial charge is 0.221 e. The monoisotopic (exact) mass is 267 g/mol. The molecule has 5 nitrogen and oxygen atoms in total. The van der Waals surface area contributed by atoms with Crippen molar-refractivity contribution in [3.63, 3.8) is 0 Å². The molecule has 1 heterocycles. The predicted molar refractivity (Wildman–Crippen MR) is 73.6 cm³/mol. The average Bonchev–Trinajstić information content (AvgIpc) is 3.21. The number of hydrogen-bond donors (Lipinski definition) is 3. The Bertz CT molecular complexity index is 310. The van der Waals surface area contributed by atoms with Crippen LogP contribution in [0.4, 0.5) is 0 Å². The van der Waals surface area contributed by atoms with E-state index in [0.717, 1.165) is 32.4 Å². The maximum absolute atomic E-state index is 11.6. The molecule has 0 aromatic carbocycles. The van der Waals surface area contributed by atoms with Gasteiger partial charge in [-0.05, 0) is 51.1 Å². The van der Waals surface area contributed by atoms with Crippen LogP contribution in [0.2, 0.25) is 0 Å². The van der Waals surface area contributed by atoms with Gasteiger partial charge in [-0.1, -0.05) is 0 Å². The summed E-state index contributed by atoms with van der Waals surface area (Å²) >= 11 is 0. The second-order valence-corrected chi connectivity index (χ2v) is 5.69. The van der Waals surface area contributed by atoms with E-state index in [1.165, 1.54) is 12.8 Å². The first kappa shape index (κ1) is 14.3. The van der Waals surface area contributed by atoms with E-state index in [-0.39, 0.29) is 11.8 Å². The van der Waals surface area contributed by atoms with E-state index in [1.54, 1.807) is 0 Å². The molecule has 0 aromatic rings. The van der Waals surface area contributed by atoms with Crippen molar-refractivity contribution >= 4 is 11.8 Å². The highest BCUT2D eigenvalue weighted by molar-refractivity contribution is 5.79. The molecular weight excluding hydrogens is 242 g/mol. The van der Waals surface area contributed by atoms with Crippen molar-refractivity contribution in [2.75, 3.05) is 19.6 Å². The van der Waals surface area contributed by atoms with E-state index in [1.807, 2.05) is 0 Å². The van der Waals surface area contributed by atoms with Gasteiger partial charge in [0.15, 0.2) is 0 Å². The zero-order chi connectivity index (χ0) is 13.5. The highest BCUT2D eigenvalue weighted by Crippen LogP contribution is 2.18. The van der Waals surface area contributed by atoms with E-state index < -0.39 is 0 Å². The summed E-state index contributed by atoms with van der Waals surface area (Å²) in [5.41, 5.74) is 0. The fraction of sp³-hybridized carbons (Fsp3) is 0.857. The summed E-state index contributed by atoms with van der Waals surface area (Å²) in [6.07, 6.45) is 6.58. The van der Waals surface area contributed by atoms with Crippen molar-refractivity contribution in [3.05, 3.63) is 0 Å². The molecule has 1 saturated carbocycles. The third-order valence-electron chi connectivity index (χ3n) is 3.80. The van der Waals surface area contributed by atoms with Gasteiger partial charge >= 0.3 is 0 Å². The minimum absolute atomic E-state index is 0.0549. The third kappa shape index (κ3) is 6.05. The quantitative estimate of drug-likeness (QED) is 0.631. The van der Waals surface area contributed by atoms with Crippen LogP contribution in [0.3, 0.4) is 0 Å². The van der Waals surface area contributed by atoms with Crippen LogP contribution < -0.4 is 16.0 Å². The first-order valence-corrected chi connectivity index (χ1v) is 7.51. The topological polar surface area (TPSA) is 70.2 Å². The summed E-state index contributed by atoms with van der Waals surface area (Å²) in [7, 11) is 0. The second-order valence-electron chi connectivity index (χ2n) is 5.69. The Kier molecular flexibility index (Phi) is 5.63. The molecule has 108 valence electrons. The van der Waals surface area contributed by atoms with Gasteiger partial charge in [-0.3, -0.25) is 9.59 Å². The van der Waals surface area contributed by atoms with Crippen LogP contribution in [0.15, 0.2) is 0 Å². The van der Waals surface area contributed by atoms with Gasteiger partial charge in [0, 0.05) is 25.4 Å². The Balaban J connectivity index is 1.47. The van der Waals surface area contributed by atoms with Crippen molar-refractivity contribution in [2.45, 2.75) is 51.0 Å². The van der Waals surface area contributed by atoms with Gasteiger partial charge < -0.3 is 16.0 Å². The summed E-state index contributed by atoms with van der Waals surface area (Å²) in [6, 6.07) is 0.405. The van der Waals surface area contributed by atoms with E-state index >= 15 is 0 Å². The lowest BCUT2D eigenvalue weighted by atomic mass is 9.94. The molecule has 1 unspecified atom stereocenters. The molecule has 2 fully saturated rings. The zero-order valence-electron chi connectivity index (χ0n) is 11.5. The van der Waals surface area contributed by atoms with E-state index in [2.05, 4.69) is 16.0 Å². The number of rotatable bonds is 7. The highest BCUT2D eigenvalue weighted by atomic mass is 16.2. The van der Waals surface area contributed by atoms with Crippen molar-refractivity contribution in [1.82, 2.24) is 16.0 Å². The molecule has 0 spiro atoms. The molecule has 2 aliphatic rings. The van der Waals surface area contributed by atoms with Crippen LogP contribution in [0.25, 0.3) is 0 Å². The van der Waals surface area contributed by atoms with Gasteiger partial charge in [0.05, 0.1) is 0 Å². The maximum Gasteiger partial charge on any atom is 0.221 e. The molecule has 19 heavy (non-hydrogen) atoms. The Hall–Kier alpha value is -1.10. The van der Waals surface area contributed by atoms with Crippen LogP contribution in [0.5, 0.6) is 0 Å². The summed E-state index contributed by atoms with van der Waals surface area (Å²) in [5.74, 6) is 0.766. The van der Waals surface area contributed by atoms with Gasteiger partial charge in [-0.2, -0.15) is 0 Å². The van der Waals surface area contributed by atoms with Crippen LogP contribution in [-0.4, -0.2) is 37.5 Å². The molecular formula is C14H25N3O2. The molecule has 1 atom stereocenters. The second kappa shape index (κ2) is 7.48. The first-order valence-electron chi connectivity index (χ1n) is 7.51. The molecule has 0 aromatic heterocycles. The Labute approximate surface area is 114 Å². The van der Waals surface area contributed by atoms with Crippen LogP contribution in [0.1, 0.15) is 44.9 Å². The van der Waals surface area contributed by atoms with Gasteiger partial charge in [0.2, 0.25) is 11.8 Å². The van der Waals surface area contributed by atoms with Crippen LogP contribution in [-0.2, 0) is 9.59 Å². The molecule has 0 radical (unpaired) electrons. The van der Waals surface area contributed by atoms with Gasteiger partial charge in [0.25, 0.3) is 0 Å². The van der Waals surface area contributed by atoms with Gasteiger partial charge in [-0.15, -0.1) is 0 Å². The number of hydrogen-bond acceptors (Lipinski definition) is 3. The highest BCUT2D eigenvalue weighted by Gasteiger charge is 2.22. The van der Waals surface area contributed by atoms with Gasteiger partial charge in [0.1, 0.15) is 0 Å². The minimum Gasteiger partial charge on any atom is -0.356 e. The minimum atomic E-state index is 0.0549. The summed E-state index contributed by atoms with van der Waals surface area (Å²) < 4.78 is 0. The van der Waals surface area contributed by atoms with E-state index in [4.69, 9.17) is 0 Å². The molecule has 2 amide bonds. The summed E-state index contributed by atoms with van der Waals surface area (Å²) in [5, 5.41) is 9.10. The predicted octanol–water partition coefficient (Wildman–Crippen LogP) is 0.551. The lowest BCUT2D eigenvalue weighted by molar-refractivity contribution is -0.122. The molecule has 1 saturated heterocycles. The van der Waals surface area contributed by atoms with E-state index in [9.17, 15) is 9.59 Å². The van der Waals surface area contributed by atoms with Crippen LogP contribution in [0, 0.1) is 5.92 Å². The Morgan fingerprint density at radius 2 is 1.95 bits per heavy atom. The fourth-order valence-corrected chi connectivity index (χ4v) is 2.44. The summed E-state index contributed by atoms with van der Waals surface area (Å²) in [6.45, 7) is 2.61. The molecule has 0 bridgehead atoms. The normalized spacial score (nSPS) is 22.8. The standard InChI is InChI=1S/C14H25N3O2/c18-13(6-3-11-2-1-8-15-10-11)16-9-7-14(19)17-12-4-5-12/h11-12,15H,1-10H2,(H,16,18)(H,17,19). The van der Waals surface area contributed by atoms with Crippen molar-refractivity contribution in [3.8, 4) is 0 Å². The van der Waals surface area contributed by atoms with Crippen molar-refractivity contribution in [2.24, 2.45) is 5.92 Å². The number of carbonyl (C=O) groups excluding carboxylic acids is 2. The lowest BCUT2D eigenvalue weighted by Crippen LogP contribution is -2.33. The average molecular weight is 267 g/mol. The molecule has 1 aliphatic heterocycles. The fourth-order valence-electron chi connectivity index (χ4n) is 2.44. The Morgan fingerprint density at radius 3 is 2.63 bits per heavy atom. The van der Waals surface area contributed by atoms with Crippen molar-refractivity contribution < 1.29 is 9.59 Å². The molecule has 1 aliphatic carbocycles. The molecule has 5 heteroatoms. The number of carbonyl (C=O) groups is 2. The zero-order valence-corrected chi connectivity index (χ0v) is 11.5. The first-order chi connectivity index (χ1) is 9.24. The number of piperidine rings is 1. The Morgan fingerprint density at radius 1 is 1.11 bits per heavy atom. The molecule has 3 N–H and O–H groups in total. The van der Waals surface area contributed by atoms with Crippen LogP contribution >= 0.6 is 0 Å². The largest absolute Gasteiger partial charge is 0.356 e. The SMILES string of the molecule is O=C(CCC1CCCNC1)NCCC(=O)NC1CC1. The van der Waals surface area contributed by atoms with Crippen molar-refractivity contribution in [1.29, 1.82) is 0 Å². The maximum atomic E-state index is 11.6. The third-order valence-corrected chi connectivity index (χ3v) is 3.80. The summed E-state index contributed by atoms with van der Waals surface area (Å²) in [4.78, 5) is 23.0. The lowest BCUT2D eigenvalue weighted by Gasteiger charge is -2.22. The van der Waals surface area contributed by atoms with E-state index in [0.29, 0.717) is 31.3 Å². The number of amides is 2. The molecule has 2 rings (SSSR count).